The first kappa shape index (κ1) is 13.2. The van der Waals surface area contributed by atoms with Crippen molar-refractivity contribution in [1.82, 2.24) is 20.3 Å². The molecule has 0 spiro atoms. The minimum atomic E-state index is 0.359. The Labute approximate surface area is 116 Å². The number of nitrogens with zero attached hydrogens (tertiary/aromatic N) is 3. The second kappa shape index (κ2) is 6.66. The van der Waals surface area contributed by atoms with Gasteiger partial charge in [0.25, 0.3) is 0 Å². The van der Waals surface area contributed by atoms with Crippen molar-refractivity contribution in [2.75, 3.05) is 6.54 Å². The Balaban J connectivity index is 1.73. The summed E-state index contributed by atoms with van der Waals surface area (Å²) >= 11 is 3.49. The van der Waals surface area contributed by atoms with E-state index in [1.54, 1.807) is 6.20 Å². The molecule has 4 nitrogen and oxygen atoms in total. The van der Waals surface area contributed by atoms with E-state index in [0.717, 1.165) is 24.0 Å². The van der Waals surface area contributed by atoms with E-state index in [4.69, 9.17) is 0 Å². The lowest BCUT2D eigenvalue weighted by atomic mass is 10.1. The van der Waals surface area contributed by atoms with Crippen LogP contribution in [0, 0.1) is 0 Å². The maximum atomic E-state index is 3.94. The topological polar surface area (TPSA) is 42.7 Å². The summed E-state index contributed by atoms with van der Waals surface area (Å²) in [5, 5.41) is 11.2. The van der Waals surface area contributed by atoms with Gasteiger partial charge in [-0.15, -0.1) is 5.10 Å². The zero-order chi connectivity index (χ0) is 12.8. The highest BCUT2D eigenvalue weighted by Gasteiger charge is 2.04. The highest BCUT2D eigenvalue weighted by atomic mass is 79.9. The monoisotopic (exact) mass is 308 g/mol. The lowest BCUT2D eigenvalue weighted by Gasteiger charge is -2.14. The number of hydrogen-bond donors (Lipinski definition) is 1. The first-order valence-corrected chi connectivity index (χ1v) is 6.88. The van der Waals surface area contributed by atoms with Crippen molar-refractivity contribution in [2.45, 2.75) is 25.9 Å². The fourth-order valence-electron chi connectivity index (χ4n) is 1.81. The second-order valence-corrected chi connectivity index (χ2v) is 5.17. The smallest absolute Gasteiger partial charge is 0.0692 e. The molecular formula is C13H17BrN4. The highest BCUT2D eigenvalue weighted by molar-refractivity contribution is 9.10. The van der Waals surface area contributed by atoms with Crippen molar-refractivity contribution in [1.29, 1.82) is 0 Å². The summed E-state index contributed by atoms with van der Waals surface area (Å²) < 4.78 is 2.97. The lowest BCUT2D eigenvalue weighted by molar-refractivity contribution is 0.499. The molecule has 5 heteroatoms. The van der Waals surface area contributed by atoms with Crippen LogP contribution >= 0.6 is 15.9 Å². The van der Waals surface area contributed by atoms with Crippen LogP contribution in [0.15, 0.2) is 41.1 Å². The maximum absolute atomic E-state index is 3.94. The SMILES string of the molecule is CC(NCCCn1ccnn1)c1cccc(Br)c1. The number of rotatable bonds is 6. The maximum Gasteiger partial charge on any atom is 0.0692 e. The van der Waals surface area contributed by atoms with E-state index in [-0.39, 0.29) is 0 Å². The minimum absolute atomic E-state index is 0.359. The summed E-state index contributed by atoms with van der Waals surface area (Å²) in [6, 6.07) is 8.75. The first-order valence-electron chi connectivity index (χ1n) is 6.08. The molecule has 0 aliphatic rings. The van der Waals surface area contributed by atoms with Crippen molar-refractivity contribution in [3.05, 3.63) is 46.7 Å². The molecule has 0 aliphatic heterocycles. The van der Waals surface area contributed by atoms with E-state index < -0.39 is 0 Å². The predicted octanol–water partition coefficient (Wildman–Crippen LogP) is 2.78. The fourth-order valence-corrected chi connectivity index (χ4v) is 2.22. The van der Waals surface area contributed by atoms with Gasteiger partial charge in [0.2, 0.25) is 0 Å². The first-order chi connectivity index (χ1) is 8.75. The average molecular weight is 309 g/mol. The molecule has 0 fully saturated rings. The van der Waals surface area contributed by atoms with E-state index in [1.165, 1.54) is 5.56 Å². The Morgan fingerprint density at radius 3 is 3.06 bits per heavy atom. The summed E-state index contributed by atoms with van der Waals surface area (Å²) in [6.07, 6.45) is 4.64. The third-order valence-corrected chi connectivity index (χ3v) is 3.33. The minimum Gasteiger partial charge on any atom is -0.310 e. The van der Waals surface area contributed by atoms with E-state index in [0.29, 0.717) is 6.04 Å². The molecule has 2 aromatic rings. The van der Waals surface area contributed by atoms with Gasteiger partial charge in [-0.1, -0.05) is 33.3 Å². The normalized spacial score (nSPS) is 12.6. The van der Waals surface area contributed by atoms with Gasteiger partial charge < -0.3 is 5.32 Å². The van der Waals surface area contributed by atoms with E-state index in [1.807, 2.05) is 16.9 Å². The van der Waals surface area contributed by atoms with E-state index in [9.17, 15) is 0 Å². The lowest BCUT2D eigenvalue weighted by Crippen LogP contribution is -2.21. The zero-order valence-corrected chi connectivity index (χ0v) is 12.0. The van der Waals surface area contributed by atoms with E-state index in [2.05, 4.69) is 56.7 Å². The van der Waals surface area contributed by atoms with Crippen LogP contribution in [0.1, 0.15) is 24.9 Å². The van der Waals surface area contributed by atoms with Crippen LogP contribution in [0.3, 0.4) is 0 Å². The van der Waals surface area contributed by atoms with E-state index >= 15 is 0 Å². The summed E-state index contributed by atoms with van der Waals surface area (Å²) in [6.45, 7) is 4.04. The van der Waals surface area contributed by atoms with Gasteiger partial charge >= 0.3 is 0 Å². The van der Waals surface area contributed by atoms with Gasteiger partial charge in [-0.2, -0.15) is 0 Å². The Kier molecular flexibility index (Phi) is 4.90. The fraction of sp³-hybridized carbons (Fsp3) is 0.385. The van der Waals surface area contributed by atoms with Gasteiger partial charge in [0, 0.05) is 23.3 Å². The van der Waals surface area contributed by atoms with Crippen LogP contribution < -0.4 is 5.32 Å². The van der Waals surface area contributed by atoms with Gasteiger partial charge in [0.15, 0.2) is 0 Å². The van der Waals surface area contributed by atoms with Gasteiger partial charge in [0.05, 0.1) is 6.20 Å². The van der Waals surface area contributed by atoms with Crippen LogP contribution in [0.25, 0.3) is 0 Å². The Morgan fingerprint density at radius 2 is 2.33 bits per heavy atom. The predicted molar refractivity (Wildman–Crippen MR) is 75.2 cm³/mol. The molecule has 1 aromatic carbocycles. The van der Waals surface area contributed by atoms with Crippen LogP contribution in [0.5, 0.6) is 0 Å². The molecule has 0 aliphatic carbocycles. The summed E-state index contributed by atoms with van der Waals surface area (Å²) in [7, 11) is 0. The summed E-state index contributed by atoms with van der Waals surface area (Å²) in [5.41, 5.74) is 1.30. The second-order valence-electron chi connectivity index (χ2n) is 4.25. The molecule has 2 rings (SSSR count). The summed E-state index contributed by atoms with van der Waals surface area (Å²) in [4.78, 5) is 0. The van der Waals surface area contributed by atoms with Crippen molar-refractivity contribution in [3.63, 3.8) is 0 Å². The Morgan fingerprint density at radius 1 is 1.44 bits per heavy atom. The van der Waals surface area contributed by atoms with Crippen molar-refractivity contribution in [3.8, 4) is 0 Å². The molecular weight excluding hydrogens is 292 g/mol. The standard InChI is InChI=1S/C13H17BrN4/c1-11(12-4-2-5-13(14)10-12)15-6-3-8-18-9-7-16-17-18/h2,4-5,7,9-11,15H,3,6,8H2,1H3. The molecule has 0 amide bonds. The number of benzene rings is 1. The molecule has 1 heterocycles. The largest absolute Gasteiger partial charge is 0.310 e. The molecule has 18 heavy (non-hydrogen) atoms. The Bertz CT molecular complexity index is 470. The highest BCUT2D eigenvalue weighted by Crippen LogP contribution is 2.17. The number of halogens is 1. The Hall–Kier alpha value is -1.20. The van der Waals surface area contributed by atoms with Crippen LogP contribution in [0.2, 0.25) is 0 Å². The zero-order valence-electron chi connectivity index (χ0n) is 10.4. The molecule has 1 atom stereocenters. The molecule has 0 radical (unpaired) electrons. The molecule has 0 saturated carbocycles. The molecule has 1 N–H and O–H groups in total. The van der Waals surface area contributed by atoms with Crippen LogP contribution in [0.4, 0.5) is 0 Å². The molecule has 96 valence electrons. The number of aryl methyl sites for hydroxylation is 1. The third kappa shape index (κ3) is 3.92. The number of nitrogens with one attached hydrogen (secondary N) is 1. The molecule has 1 unspecified atom stereocenters. The number of hydrogen-bond acceptors (Lipinski definition) is 3. The van der Waals surface area contributed by atoms with Gasteiger partial charge in [-0.3, -0.25) is 4.68 Å². The average Bonchev–Trinajstić information content (AvgIpc) is 2.87. The third-order valence-electron chi connectivity index (χ3n) is 2.84. The molecule has 1 aromatic heterocycles. The quantitative estimate of drug-likeness (QED) is 0.834. The summed E-state index contributed by atoms with van der Waals surface area (Å²) in [5.74, 6) is 0. The molecule has 0 saturated heterocycles. The van der Waals surface area contributed by atoms with Crippen molar-refractivity contribution >= 4 is 15.9 Å². The van der Waals surface area contributed by atoms with Crippen LogP contribution in [-0.2, 0) is 6.54 Å². The van der Waals surface area contributed by atoms with Crippen molar-refractivity contribution < 1.29 is 0 Å². The van der Waals surface area contributed by atoms with Gasteiger partial charge in [-0.05, 0) is 37.6 Å². The van der Waals surface area contributed by atoms with Gasteiger partial charge in [0.1, 0.15) is 0 Å². The van der Waals surface area contributed by atoms with Crippen LogP contribution in [-0.4, -0.2) is 21.5 Å². The number of aromatic nitrogens is 3. The molecule has 0 bridgehead atoms. The van der Waals surface area contributed by atoms with Crippen molar-refractivity contribution in [2.24, 2.45) is 0 Å². The van der Waals surface area contributed by atoms with Gasteiger partial charge in [-0.25, -0.2) is 0 Å².